The predicted molar refractivity (Wildman–Crippen MR) is 261 cm³/mol. The van der Waals surface area contributed by atoms with Crippen LogP contribution in [0.25, 0.3) is 0 Å². The van der Waals surface area contributed by atoms with Gasteiger partial charge in [-0.05, 0) is 77.0 Å². The molecule has 0 aliphatic rings. The summed E-state index contributed by atoms with van der Waals surface area (Å²) in [6.07, 6.45) is 59.8. The highest BCUT2D eigenvalue weighted by Gasteiger charge is 2.19. The molecule has 6 heteroatoms. The van der Waals surface area contributed by atoms with Crippen LogP contribution in [0.1, 0.15) is 265 Å². The number of rotatable bonds is 47. The molecule has 0 fully saturated rings. The summed E-state index contributed by atoms with van der Waals surface area (Å²) >= 11 is 0. The third-order valence-electron chi connectivity index (χ3n) is 11.3. The van der Waals surface area contributed by atoms with Crippen LogP contribution < -0.4 is 0 Å². The van der Waals surface area contributed by atoms with Gasteiger partial charge in [0, 0.05) is 19.3 Å². The standard InChI is InChI=1S/C55H98O6/c1-4-7-10-13-16-18-20-22-23-24-25-26-27-28-29-30-31-33-34-36-39-42-45-48-54(57)60-51-52(50-59-53(56)47-44-41-38-15-12-9-6-3)61-55(58)49-46-43-40-37-35-32-21-19-17-14-11-8-5-2/h8,11,17,19,24-25,32,35,52H,4-7,9-10,12-16,18,20-23,26-31,33-34,36-51H2,1-3H3/b11-8-,19-17-,25-24-,35-32-. The Labute approximate surface area is 378 Å². The van der Waals surface area contributed by atoms with Gasteiger partial charge in [0.1, 0.15) is 13.2 Å². The van der Waals surface area contributed by atoms with Gasteiger partial charge in [-0.2, -0.15) is 0 Å². The molecular formula is C55H98O6. The maximum Gasteiger partial charge on any atom is 0.306 e. The number of allylic oxidation sites excluding steroid dienone is 8. The number of unbranched alkanes of at least 4 members (excludes halogenated alkanes) is 28. The molecule has 0 radical (unpaired) electrons. The zero-order chi connectivity index (χ0) is 44.4. The summed E-state index contributed by atoms with van der Waals surface area (Å²) in [5.74, 6) is -0.916. The molecule has 354 valence electrons. The minimum Gasteiger partial charge on any atom is -0.462 e. The van der Waals surface area contributed by atoms with E-state index in [2.05, 4.69) is 69.4 Å². The van der Waals surface area contributed by atoms with Crippen LogP contribution in [0, 0.1) is 0 Å². The van der Waals surface area contributed by atoms with E-state index in [1.54, 1.807) is 0 Å². The highest BCUT2D eigenvalue weighted by atomic mass is 16.6. The van der Waals surface area contributed by atoms with Crippen LogP contribution in [0.5, 0.6) is 0 Å². The molecule has 1 unspecified atom stereocenters. The minimum atomic E-state index is -0.783. The van der Waals surface area contributed by atoms with Crippen molar-refractivity contribution in [2.45, 2.75) is 271 Å². The lowest BCUT2D eigenvalue weighted by Crippen LogP contribution is -2.30. The Bertz CT molecular complexity index is 1070. The van der Waals surface area contributed by atoms with E-state index in [4.69, 9.17) is 14.2 Å². The Morgan fingerprint density at radius 1 is 0.344 bits per heavy atom. The second kappa shape index (κ2) is 50.0. The Kier molecular flexibility index (Phi) is 47.9. The second-order valence-corrected chi connectivity index (χ2v) is 17.4. The first-order valence-electron chi connectivity index (χ1n) is 26.1. The molecule has 0 aromatic rings. The number of carbonyl (C=O) groups excluding carboxylic acids is 3. The molecule has 0 heterocycles. The highest BCUT2D eigenvalue weighted by molar-refractivity contribution is 5.71. The molecule has 0 aromatic carbocycles. The second-order valence-electron chi connectivity index (χ2n) is 17.4. The summed E-state index contributed by atoms with van der Waals surface area (Å²) in [5.41, 5.74) is 0. The third-order valence-corrected chi connectivity index (χ3v) is 11.3. The van der Waals surface area contributed by atoms with E-state index >= 15 is 0 Å². The van der Waals surface area contributed by atoms with E-state index in [1.807, 2.05) is 0 Å². The zero-order valence-electron chi connectivity index (χ0n) is 40.4. The van der Waals surface area contributed by atoms with Crippen molar-refractivity contribution in [1.29, 1.82) is 0 Å². The van der Waals surface area contributed by atoms with Crippen LogP contribution in [-0.2, 0) is 28.6 Å². The van der Waals surface area contributed by atoms with Gasteiger partial charge < -0.3 is 14.2 Å². The number of ether oxygens (including phenoxy) is 3. The summed E-state index contributed by atoms with van der Waals surface area (Å²) in [4.78, 5) is 37.7. The van der Waals surface area contributed by atoms with Gasteiger partial charge in [-0.25, -0.2) is 0 Å². The van der Waals surface area contributed by atoms with Gasteiger partial charge in [0.05, 0.1) is 0 Å². The predicted octanol–water partition coefficient (Wildman–Crippen LogP) is 17.1. The van der Waals surface area contributed by atoms with Crippen molar-refractivity contribution in [3.8, 4) is 0 Å². The summed E-state index contributed by atoms with van der Waals surface area (Å²) in [6, 6.07) is 0. The Hall–Kier alpha value is -2.63. The topological polar surface area (TPSA) is 78.9 Å². The number of esters is 3. The fourth-order valence-electron chi connectivity index (χ4n) is 7.39. The van der Waals surface area contributed by atoms with E-state index in [1.165, 1.54) is 141 Å². The average molecular weight is 855 g/mol. The molecule has 0 aliphatic heterocycles. The molecule has 61 heavy (non-hydrogen) atoms. The fraction of sp³-hybridized carbons (Fsp3) is 0.800. The Morgan fingerprint density at radius 2 is 0.639 bits per heavy atom. The first-order valence-corrected chi connectivity index (χ1v) is 26.1. The minimum absolute atomic E-state index is 0.0839. The van der Waals surface area contributed by atoms with Crippen LogP contribution in [0.15, 0.2) is 48.6 Å². The molecule has 0 aliphatic carbocycles. The molecule has 0 aromatic heterocycles. The lowest BCUT2D eigenvalue weighted by molar-refractivity contribution is -0.167. The lowest BCUT2D eigenvalue weighted by atomic mass is 10.0. The first-order chi connectivity index (χ1) is 30.0. The fourth-order valence-corrected chi connectivity index (χ4v) is 7.39. The van der Waals surface area contributed by atoms with Gasteiger partial charge in [0.25, 0.3) is 0 Å². The summed E-state index contributed by atoms with van der Waals surface area (Å²) in [7, 11) is 0. The van der Waals surface area contributed by atoms with Gasteiger partial charge in [0.2, 0.25) is 0 Å². The van der Waals surface area contributed by atoms with Crippen LogP contribution in [0.2, 0.25) is 0 Å². The van der Waals surface area contributed by atoms with Crippen molar-refractivity contribution in [1.82, 2.24) is 0 Å². The van der Waals surface area contributed by atoms with Crippen molar-refractivity contribution in [3.05, 3.63) is 48.6 Å². The zero-order valence-corrected chi connectivity index (χ0v) is 40.4. The van der Waals surface area contributed by atoms with E-state index in [0.717, 1.165) is 83.5 Å². The third kappa shape index (κ3) is 48.3. The van der Waals surface area contributed by atoms with E-state index in [9.17, 15) is 14.4 Å². The molecule has 0 amide bonds. The molecule has 0 saturated carbocycles. The SMILES string of the molecule is CC/C=C\C/C=C\C/C=C\CCCCCC(=O)OC(COC(=O)CCCCCCCCC)COC(=O)CCCCCCCCCCCCC/C=C\CCCCCCCCCC. The van der Waals surface area contributed by atoms with Gasteiger partial charge in [0.15, 0.2) is 6.10 Å². The molecule has 0 spiro atoms. The average Bonchev–Trinajstić information content (AvgIpc) is 3.26. The molecule has 0 rings (SSSR count). The van der Waals surface area contributed by atoms with E-state index in [-0.39, 0.29) is 31.1 Å². The molecule has 6 nitrogen and oxygen atoms in total. The summed E-state index contributed by atoms with van der Waals surface area (Å²) in [5, 5.41) is 0. The molecule has 0 N–H and O–H groups in total. The smallest absolute Gasteiger partial charge is 0.306 e. The molecule has 0 bridgehead atoms. The highest BCUT2D eigenvalue weighted by Crippen LogP contribution is 2.15. The van der Waals surface area contributed by atoms with Gasteiger partial charge in [-0.1, -0.05) is 217 Å². The van der Waals surface area contributed by atoms with Crippen molar-refractivity contribution < 1.29 is 28.6 Å². The molecular weight excluding hydrogens is 757 g/mol. The van der Waals surface area contributed by atoms with Crippen LogP contribution in [0.4, 0.5) is 0 Å². The maximum absolute atomic E-state index is 12.7. The normalized spacial score (nSPS) is 12.4. The Balaban J connectivity index is 4.17. The van der Waals surface area contributed by atoms with Gasteiger partial charge in [-0.3, -0.25) is 14.4 Å². The molecule has 0 saturated heterocycles. The van der Waals surface area contributed by atoms with Crippen LogP contribution in [-0.4, -0.2) is 37.2 Å². The first kappa shape index (κ1) is 58.4. The monoisotopic (exact) mass is 855 g/mol. The van der Waals surface area contributed by atoms with Crippen LogP contribution in [0.3, 0.4) is 0 Å². The van der Waals surface area contributed by atoms with Crippen molar-refractivity contribution in [2.24, 2.45) is 0 Å². The lowest BCUT2D eigenvalue weighted by Gasteiger charge is -2.18. The number of hydrogen-bond acceptors (Lipinski definition) is 6. The summed E-state index contributed by atoms with van der Waals surface area (Å²) < 4.78 is 16.7. The largest absolute Gasteiger partial charge is 0.462 e. The quantitative estimate of drug-likeness (QED) is 0.0263. The van der Waals surface area contributed by atoms with Crippen molar-refractivity contribution in [2.75, 3.05) is 13.2 Å². The van der Waals surface area contributed by atoms with E-state index < -0.39 is 6.10 Å². The van der Waals surface area contributed by atoms with Crippen molar-refractivity contribution >= 4 is 17.9 Å². The van der Waals surface area contributed by atoms with Crippen LogP contribution >= 0.6 is 0 Å². The van der Waals surface area contributed by atoms with E-state index in [0.29, 0.717) is 19.3 Å². The molecule has 1 atom stereocenters. The number of carbonyl (C=O) groups is 3. The number of hydrogen-bond donors (Lipinski definition) is 0. The van der Waals surface area contributed by atoms with Gasteiger partial charge in [-0.15, -0.1) is 0 Å². The van der Waals surface area contributed by atoms with Crippen molar-refractivity contribution in [3.63, 3.8) is 0 Å². The summed E-state index contributed by atoms with van der Waals surface area (Å²) in [6.45, 7) is 6.47. The van der Waals surface area contributed by atoms with Gasteiger partial charge >= 0.3 is 17.9 Å². The Morgan fingerprint density at radius 3 is 1.03 bits per heavy atom. The maximum atomic E-state index is 12.7.